The van der Waals surface area contributed by atoms with Gasteiger partial charge in [0.15, 0.2) is 0 Å². The minimum Gasteiger partial charge on any atom is -0.320 e. The first-order valence-corrected chi connectivity index (χ1v) is 7.61. The topological polar surface area (TPSA) is 35.6 Å². The molecular weight excluding hydrogens is 238 g/mol. The summed E-state index contributed by atoms with van der Waals surface area (Å²) in [4.78, 5) is 13.7. The summed E-state index contributed by atoms with van der Waals surface area (Å²) < 4.78 is 0. The lowest BCUT2D eigenvalue weighted by atomic mass is 10.3. The van der Waals surface area contributed by atoms with E-state index >= 15 is 0 Å². The lowest BCUT2D eigenvalue weighted by Crippen LogP contribution is -2.44. The van der Waals surface area contributed by atoms with Crippen LogP contribution in [0.3, 0.4) is 0 Å². The van der Waals surface area contributed by atoms with Gasteiger partial charge < -0.3 is 19.9 Å². The van der Waals surface area contributed by atoms with Crippen molar-refractivity contribution in [3.05, 3.63) is 0 Å². The van der Waals surface area contributed by atoms with Gasteiger partial charge in [0.25, 0.3) is 0 Å². The van der Waals surface area contributed by atoms with Gasteiger partial charge in [-0.1, -0.05) is 27.7 Å². The van der Waals surface area contributed by atoms with Crippen LogP contribution < -0.4 is 5.32 Å². The highest BCUT2D eigenvalue weighted by atomic mass is 16.1. The van der Waals surface area contributed by atoms with Crippen LogP contribution in [0, 0.1) is 0 Å². The van der Waals surface area contributed by atoms with E-state index in [2.05, 4.69) is 36.0 Å². The van der Waals surface area contributed by atoms with Crippen LogP contribution in [-0.4, -0.2) is 69.4 Å². The Balaban J connectivity index is -0.000000219. The summed E-state index contributed by atoms with van der Waals surface area (Å²) in [6, 6.07) is 0. The summed E-state index contributed by atoms with van der Waals surface area (Å²) in [6.45, 7) is 17.2. The van der Waals surface area contributed by atoms with E-state index in [0.29, 0.717) is 0 Å². The average molecular weight is 275 g/mol. The molecule has 0 aliphatic carbocycles. The van der Waals surface area contributed by atoms with Gasteiger partial charge in [0.1, 0.15) is 6.29 Å². The van der Waals surface area contributed by atoms with E-state index in [1.54, 1.807) is 0 Å². The molecule has 1 N–H and O–H groups in total. The molecule has 0 aromatic rings. The van der Waals surface area contributed by atoms with Crippen LogP contribution in [0.25, 0.3) is 0 Å². The maximum absolute atomic E-state index is 8.81. The molecule has 0 aromatic carbocycles. The van der Waals surface area contributed by atoms with Crippen molar-refractivity contribution in [1.82, 2.24) is 15.1 Å². The molecule has 0 saturated carbocycles. The summed E-state index contributed by atoms with van der Waals surface area (Å²) in [7, 11) is 4.15. The van der Waals surface area contributed by atoms with Crippen LogP contribution >= 0.6 is 0 Å². The van der Waals surface area contributed by atoms with Crippen molar-refractivity contribution in [2.75, 3.05) is 53.4 Å². The van der Waals surface area contributed by atoms with E-state index in [9.17, 15) is 0 Å². The van der Waals surface area contributed by atoms with Crippen molar-refractivity contribution < 1.29 is 4.79 Å². The van der Waals surface area contributed by atoms with E-state index in [4.69, 9.17) is 4.79 Å². The largest absolute Gasteiger partial charge is 0.320 e. The molecule has 19 heavy (non-hydrogen) atoms. The standard InChI is InChI=1S/C7H16N2.C4H11N.C2H4O.C2H6/c1-3-9-6-4-8(2)5-7-9;1-3-4-5-2;1-2-3;1-2/h3-7H2,1-2H3;5H,3-4H2,1-2H3;2H,1H3;1-2H3. The van der Waals surface area contributed by atoms with Crippen molar-refractivity contribution in [2.45, 2.75) is 41.0 Å². The van der Waals surface area contributed by atoms with Crippen molar-refractivity contribution in [1.29, 1.82) is 0 Å². The van der Waals surface area contributed by atoms with Gasteiger partial charge in [-0.3, -0.25) is 0 Å². The van der Waals surface area contributed by atoms with Gasteiger partial charge >= 0.3 is 0 Å². The van der Waals surface area contributed by atoms with Crippen LogP contribution in [0.5, 0.6) is 0 Å². The second kappa shape index (κ2) is 22.7. The molecule has 1 aliphatic rings. The fourth-order valence-electron chi connectivity index (χ4n) is 1.41. The molecule has 0 amide bonds. The Labute approximate surface area is 121 Å². The normalized spacial score (nSPS) is 14.9. The molecule has 0 radical (unpaired) electrons. The Morgan fingerprint density at radius 2 is 1.53 bits per heavy atom. The predicted molar refractivity (Wildman–Crippen MR) is 86.9 cm³/mol. The highest BCUT2D eigenvalue weighted by Gasteiger charge is 2.10. The second-order valence-corrected chi connectivity index (χ2v) is 4.08. The number of hydrogen-bond donors (Lipinski definition) is 1. The van der Waals surface area contributed by atoms with Crippen molar-refractivity contribution in [2.24, 2.45) is 0 Å². The smallest absolute Gasteiger partial charge is 0.116 e. The first kappa shape index (κ1) is 23.6. The van der Waals surface area contributed by atoms with E-state index in [-0.39, 0.29) is 0 Å². The number of carbonyl (C=O) groups is 1. The van der Waals surface area contributed by atoms with E-state index in [1.807, 2.05) is 20.9 Å². The molecule has 4 nitrogen and oxygen atoms in total. The summed E-state index contributed by atoms with van der Waals surface area (Å²) in [5.41, 5.74) is 0. The van der Waals surface area contributed by atoms with Crippen molar-refractivity contribution in [3.63, 3.8) is 0 Å². The Hall–Kier alpha value is -0.450. The third-order valence-corrected chi connectivity index (χ3v) is 2.54. The van der Waals surface area contributed by atoms with E-state index < -0.39 is 0 Å². The zero-order valence-corrected chi connectivity index (χ0v) is 14.3. The highest BCUT2D eigenvalue weighted by Crippen LogP contribution is 1.96. The molecule has 1 heterocycles. The Morgan fingerprint density at radius 3 is 1.74 bits per heavy atom. The van der Waals surface area contributed by atoms with Gasteiger partial charge in [-0.15, -0.1) is 0 Å². The number of hydrogen-bond acceptors (Lipinski definition) is 4. The van der Waals surface area contributed by atoms with Gasteiger partial charge in [0.05, 0.1) is 0 Å². The molecule has 0 atom stereocenters. The molecule has 1 aliphatic heterocycles. The molecule has 1 saturated heterocycles. The van der Waals surface area contributed by atoms with Crippen molar-refractivity contribution in [3.8, 4) is 0 Å². The lowest BCUT2D eigenvalue weighted by molar-refractivity contribution is -0.106. The molecule has 0 unspecified atom stereocenters. The van der Waals surface area contributed by atoms with Crippen LogP contribution in [-0.2, 0) is 4.79 Å². The first-order valence-electron chi connectivity index (χ1n) is 7.61. The second-order valence-electron chi connectivity index (χ2n) is 4.08. The monoisotopic (exact) mass is 275 g/mol. The molecule has 0 bridgehead atoms. The molecule has 1 rings (SSSR count). The third kappa shape index (κ3) is 23.1. The van der Waals surface area contributed by atoms with Crippen LogP contribution in [0.2, 0.25) is 0 Å². The van der Waals surface area contributed by atoms with E-state index in [0.717, 1.165) is 12.8 Å². The molecule has 0 spiro atoms. The maximum Gasteiger partial charge on any atom is 0.116 e. The number of likely N-dealkylation sites (N-methyl/N-ethyl adjacent to an activating group) is 2. The number of carbonyl (C=O) groups excluding carboxylic acids is 1. The zero-order chi connectivity index (χ0) is 15.5. The lowest BCUT2D eigenvalue weighted by Gasteiger charge is -2.31. The SMILES string of the molecule is CC.CC=O.CCCNC.CCN1CCN(C)CC1. The van der Waals surface area contributed by atoms with Crippen molar-refractivity contribution >= 4 is 6.29 Å². The quantitative estimate of drug-likeness (QED) is 0.800. The Morgan fingerprint density at radius 1 is 1.11 bits per heavy atom. The fourth-order valence-corrected chi connectivity index (χ4v) is 1.41. The fraction of sp³-hybridized carbons (Fsp3) is 0.933. The molecule has 1 fully saturated rings. The molecule has 0 aromatic heterocycles. The van der Waals surface area contributed by atoms with E-state index in [1.165, 1.54) is 46.1 Å². The Bertz CT molecular complexity index is 144. The van der Waals surface area contributed by atoms with Gasteiger partial charge in [0.2, 0.25) is 0 Å². The maximum atomic E-state index is 8.81. The number of nitrogens with zero attached hydrogens (tertiary/aromatic N) is 2. The first-order chi connectivity index (χ1) is 9.15. The molecule has 4 heteroatoms. The van der Waals surface area contributed by atoms with Crippen LogP contribution in [0.1, 0.15) is 41.0 Å². The summed E-state index contributed by atoms with van der Waals surface area (Å²) in [5.74, 6) is 0. The molecular formula is C15H37N3O. The van der Waals surface area contributed by atoms with Gasteiger partial charge in [0, 0.05) is 26.2 Å². The summed E-state index contributed by atoms with van der Waals surface area (Å²) >= 11 is 0. The number of rotatable bonds is 3. The zero-order valence-electron chi connectivity index (χ0n) is 14.3. The number of aldehydes is 1. The molecule has 118 valence electrons. The highest BCUT2D eigenvalue weighted by molar-refractivity contribution is 5.44. The summed E-state index contributed by atoms with van der Waals surface area (Å²) in [5, 5.41) is 3.02. The Kier molecular flexibility index (Phi) is 28.2. The van der Waals surface area contributed by atoms with Gasteiger partial charge in [-0.2, -0.15) is 0 Å². The van der Waals surface area contributed by atoms with Gasteiger partial charge in [-0.05, 0) is 40.5 Å². The van der Waals surface area contributed by atoms with Crippen LogP contribution in [0.15, 0.2) is 0 Å². The van der Waals surface area contributed by atoms with Crippen LogP contribution in [0.4, 0.5) is 0 Å². The van der Waals surface area contributed by atoms with Gasteiger partial charge in [-0.25, -0.2) is 0 Å². The summed E-state index contributed by atoms with van der Waals surface area (Å²) in [6.07, 6.45) is 1.98. The minimum absolute atomic E-state index is 0.750. The third-order valence-electron chi connectivity index (χ3n) is 2.54. The number of piperazine rings is 1. The average Bonchev–Trinajstić information content (AvgIpc) is 2.44. The minimum atomic E-state index is 0.750. The number of nitrogens with one attached hydrogen (secondary N) is 1. The predicted octanol–water partition coefficient (Wildman–Crippen LogP) is 2.10.